The molecule has 5 nitrogen and oxygen atoms in total. The second-order valence-electron chi connectivity index (χ2n) is 1.66. The number of alkyl halides is 3. The molecule has 0 saturated heterocycles. The largest absolute Gasteiger partial charge is 0.524 e. The molecule has 1 atom stereocenters. The molecule has 12 heavy (non-hydrogen) atoms. The number of hydrogen-bond donors (Lipinski definition) is 1. The smallest absolute Gasteiger partial charge is 0.263 e. The van der Waals surface area contributed by atoms with Crippen LogP contribution in [0.1, 0.15) is 6.92 Å². The Balaban J connectivity index is 4.00. The van der Waals surface area contributed by atoms with E-state index in [2.05, 4.69) is 8.92 Å². The third-order valence-electron chi connectivity index (χ3n) is 0.557. The second-order valence-corrected chi connectivity index (χ2v) is 2.70. The van der Waals surface area contributed by atoms with Gasteiger partial charge in [0, 0.05) is 0 Å². The molecule has 74 valence electrons. The van der Waals surface area contributed by atoms with Gasteiger partial charge in [-0.3, -0.25) is 9.29 Å². The summed E-state index contributed by atoms with van der Waals surface area (Å²) in [6.07, 6.45) is -7.12. The minimum absolute atomic E-state index is 0.668. The van der Waals surface area contributed by atoms with Gasteiger partial charge in [-0.2, -0.15) is 8.42 Å². The fraction of sp³-hybridized carbons (Fsp3) is 1.00. The maximum absolute atomic E-state index is 11.3. The van der Waals surface area contributed by atoms with Gasteiger partial charge in [-0.05, 0) is 6.92 Å². The summed E-state index contributed by atoms with van der Waals surface area (Å²) in [5, 5.41) is 0. The van der Waals surface area contributed by atoms with E-state index in [-0.39, 0.29) is 0 Å². The van der Waals surface area contributed by atoms with E-state index in [0.717, 1.165) is 0 Å². The van der Waals surface area contributed by atoms with Crippen LogP contribution in [-0.4, -0.2) is 25.6 Å². The Morgan fingerprint density at radius 2 is 1.83 bits per heavy atom. The van der Waals surface area contributed by atoms with Crippen molar-refractivity contribution in [3.05, 3.63) is 0 Å². The normalized spacial score (nSPS) is 16.1. The van der Waals surface area contributed by atoms with E-state index in [1.54, 1.807) is 0 Å². The van der Waals surface area contributed by atoms with Gasteiger partial charge in [0.15, 0.2) is 6.29 Å². The van der Waals surface area contributed by atoms with E-state index in [1.165, 1.54) is 0 Å². The minimum atomic E-state index is -5.01. The van der Waals surface area contributed by atoms with Gasteiger partial charge in [0.25, 0.3) is 0 Å². The molecule has 0 aliphatic carbocycles. The maximum Gasteiger partial charge on any atom is 0.524 e. The summed E-state index contributed by atoms with van der Waals surface area (Å²) >= 11 is 0. The molecule has 9 heteroatoms. The second kappa shape index (κ2) is 3.56. The summed E-state index contributed by atoms with van der Waals surface area (Å²) in [5.41, 5.74) is 0. The van der Waals surface area contributed by atoms with Crippen LogP contribution in [-0.2, 0) is 19.3 Å². The van der Waals surface area contributed by atoms with Crippen molar-refractivity contribution in [2.45, 2.75) is 19.6 Å². The van der Waals surface area contributed by atoms with Gasteiger partial charge in [0.1, 0.15) is 0 Å². The Kier molecular flexibility index (Phi) is 3.45. The van der Waals surface area contributed by atoms with Crippen LogP contribution < -0.4 is 0 Å². The van der Waals surface area contributed by atoms with Gasteiger partial charge < -0.3 is 0 Å². The van der Waals surface area contributed by atoms with Crippen LogP contribution in [0, 0.1) is 0 Å². The van der Waals surface area contributed by atoms with Crippen molar-refractivity contribution in [3.8, 4) is 0 Å². The van der Waals surface area contributed by atoms with Crippen LogP contribution in [0.5, 0.6) is 0 Å². The van der Waals surface area contributed by atoms with Gasteiger partial charge in [-0.25, -0.2) is 4.18 Å². The zero-order valence-electron chi connectivity index (χ0n) is 5.70. The Hall–Kier alpha value is -0.380. The molecular formula is C3H5F3O5S. The molecule has 0 radical (unpaired) electrons. The topological polar surface area (TPSA) is 72.8 Å². The fourth-order valence-corrected chi connectivity index (χ4v) is 0.761. The van der Waals surface area contributed by atoms with Crippen molar-refractivity contribution in [2.24, 2.45) is 0 Å². The quantitative estimate of drug-likeness (QED) is 0.548. The van der Waals surface area contributed by atoms with Gasteiger partial charge in [-0.15, -0.1) is 13.2 Å². The minimum Gasteiger partial charge on any atom is -0.263 e. The molecular weight excluding hydrogens is 205 g/mol. The zero-order valence-corrected chi connectivity index (χ0v) is 6.52. The van der Waals surface area contributed by atoms with Gasteiger partial charge in [-0.1, -0.05) is 0 Å². The van der Waals surface area contributed by atoms with E-state index in [4.69, 9.17) is 4.55 Å². The van der Waals surface area contributed by atoms with E-state index < -0.39 is 23.1 Å². The Bertz CT molecular complexity index is 231. The summed E-state index contributed by atoms with van der Waals surface area (Å²) in [6.45, 7) is 0.668. The third kappa shape index (κ3) is 7.72. The molecule has 0 amide bonds. The van der Waals surface area contributed by atoms with E-state index in [9.17, 15) is 21.6 Å². The number of ether oxygens (including phenoxy) is 1. The Morgan fingerprint density at radius 3 is 2.08 bits per heavy atom. The molecule has 0 aliphatic rings. The molecule has 1 N–H and O–H groups in total. The first-order valence-corrected chi connectivity index (χ1v) is 3.87. The Labute approximate surface area is 66.0 Å². The highest BCUT2D eigenvalue weighted by Crippen LogP contribution is 2.19. The zero-order chi connectivity index (χ0) is 9.99. The summed E-state index contributed by atoms with van der Waals surface area (Å²) in [4.78, 5) is 0. The van der Waals surface area contributed by atoms with Gasteiger partial charge in [0.2, 0.25) is 0 Å². The van der Waals surface area contributed by atoms with E-state index in [1.807, 2.05) is 0 Å². The van der Waals surface area contributed by atoms with Crippen LogP contribution in [0.15, 0.2) is 0 Å². The number of halogens is 3. The number of rotatable bonds is 3. The lowest BCUT2D eigenvalue weighted by atomic mass is 10.8. The molecule has 0 aromatic carbocycles. The van der Waals surface area contributed by atoms with Crippen LogP contribution in [0.25, 0.3) is 0 Å². The molecule has 0 aromatic rings. The van der Waals surface area contributed by atoms with Crippen LogP contribution in [0.4, 0.5) is 13.2 Å². The standard InChI is InChI=1S/C3H5F3O5S/c1-2(10-3(4,5)6)11-12(7,8)9/h2H,1H3,(H,7,8,9). The average Bonchev–Trinajstić information content (AvgIpc) is 1.49. The van der Waals surface area contributed by atoms with Crippen LogP contribution in [0.2, 0.25) is 0 Å². The first-order valence-electron chi connectivity index (χ1n) is 2.50. The summed E-state index contributed by atoms with van der Waals surface area (Å²) in [5.74, 6) is 0. The van der Waals surface area contributed by atoms with Crippen LogP contribution >= 0.6 is 0 Å². The first-order chi connectivity index (χ1) is 5.10. The highest BCUT2D eigenvalue weighted by molar-refractivity contribution is 7.80. The molecule has 0 aliphatic heterocycles. The first kappa shape index (κ1) is 11.6. The summed E-state index contributed by atoms with van der Waals surface area (Å²) in [7, 11) is -4.92. The molecule has 0 spiro atoms. The van der Waals surface area contributed by atoms with Crippen molar-refractivity contribution in [1.82, 2.24) is 0 Å². The highest BCUT2D eigenvalue weighted by Gasteiger charge is 2.33. The number of hydrogen-bond acceptors (Lipinski definition) is 4. The van der Waals surface area contributed by atoms with Crippen LogP contribution in [0.3, 0.4) is 0 Å². The van der Waals surface area contributed by atoms with E-state index in [0.29, 0.717) is 6.92 Å². The van der Waals surface area contributed by atoms with Gasteiger partial charge in [0.05, 0.1) is 0 Å². The predicted octanol–water partition coefficient (Wildman–Crippen LogP) is 0.688. The molecule has 0 saturated carbocycles. The summed E-state index contributed by atoms with van der Waals surface area (Å²) < 4.78 is 67.9. The summed E-state index contributed by atoms with van der Waals surface area (Å²) in [6, 6.07) is 0. The van der Waals surface area contributed by atoms with Crippen molar-refractivity contribution < 1.29 is 35.1 Å². The molecule has 0 fully saturated rings. The predicted molar refractivity (Wildman–Crippen MR) is 29.2 cm³/mol. The van der Waals surface area contributed by atoms with Crippen molar-refractivity contribution in [3.63, 3.8) is 0 Å². The SMILES string of the molecule is CC(OC(F)(F)F)OS(=O)(=O)O. The van der Waals surface area contributed by atoms with Crippen molar-refractivity contribution >= 4 is 10.4 Å². The lowest BCUT2D eigenvalue weighted by molar-refractivity contribution is -0.363. The highest BCUT2D eigenvalue weighted by atomic mass is 32.3. The van der Waals surface area contributed by atoms with E-state index >= 15 is 0 Å². The lowest BCUT2D eigenvalue weighted by Crippen LogP contribution is -2.25. The fourth-order valence-electron chi connectivity index (χ4n) is 0.379. The Morgan fingerprint density at radius 1 is 1.42 bits per heavy atom. The monoisotopic (exact) mass is 210 g/mol. The molecule has 0 rings (SSSR count). The molecule has 1 unspecified atom stereocenters. The average molecular weight is 210 g/mol. The lowest BCUT2D eigenvalue weighted by Gasteiger charge is -2.12. The van der Waals surface area contributed by atoms with Crippen molar-refractivity contribution in [2.75, 3.05) is 0 Å². The molecule has 0 bridgehead atoms. The third-order valence-corrected chi connectivity index (χ3v) is 1.07. The van der Waals surface area contributed by atoms with Gasteiger partial charge >= 0.3 is 16.8 Å². The maximum atomic E-state index is 11.3. The molecule has 0 heterocycles. The van der Waals surface area contributed by atoms with Crippen molar-refractivity contribution in [1.29, 1.82) is 0 Å². The molecule has 0 aromatic heterocycles.